The van der Waals surface area contributed by atoms with Crippen molar-refractivity contribution >= 4 is 44.8 Å². The van der Waals surface area contributed by atoms with Crippen molar-refractivity contribution in [2.45, 2.75) is 24.3 Å². The smallest absolute Gasteiger partial charge is 0.274 e. The van der Waals surface area contributed by atoms with Crippen molar-refractivity contribution in [1.29, 1.82) is 0 Å². The zero-order valence-electron chi connectivity index (χ0n) is 14.3. The van der Waals surface area contributed by atoms with Gasteiger partial charge in [0.15, 0.2) is 5.69 Å². The molecule has 2 N–H and O–H groups in total. The molecule has 1 aromatic carbocycles. The first-order valence-electron chi connectivity index (χ1n) is 8.09. The number of nitrogens with one attached hydrogen (secondary N) is 1. The number of halogens is 2. The van der Waals surface area contributed by atoms with E-state index in [0.29, 0.717) is 23.6 Å². The molecule has 2 heterocycles. The fraction of sp³-hybridized carbons (Fsp3) is 0.294. The average Bonchev–Trinajstić information content (AvgIpc) is 3.03. The quantitative estimate of drug-likeness (QED) is 0.777. The van der Waals surface area contributed by atoms with E-state index in [4.69, 9.17) is 23.2 Å². The van der Waals surface area contributed by atoms with Crippen molar-refractivity contribution in [2.75, 3.05) is 17.8 Å². The van der Waals surface area contributed by atoms with Gasteiger partial charge in [0, 0.05) is 24.3 Å². The first-order chi connectivity index (χ1) is 12.7. The fourth-order valence-electron chi connectivity index (χ4n) is 2.75. The van der Waals surface area contributed by atoms with Crippen LogP contribution >= 0.6 is 23.2 Å². The molecule has 1 fully saturated rings. The van der Waals surface area contributed by atoms with Gasteiger partial charge in [0.1, 0.15) is 0 Å². The van der Waals surface area contributed by atoms with Crippen LogP contribution in [0.1, 0.15) is 22.5 Å². The maximum absolute atomic E-state index is 12.7. The molecule has 0 spiro atoms. The molecule has 1 amide bonds. The van der Waals surface area contributed by atoms with Crippen LogP contribution in [0.4, 0.5) is 5.69 Å². The molecule has 1 aliphatic rings. The van der Waals surface area contributed by atoms with Gasteiger partial charge in [-0.1, -0.05) is 23.2 Å². The lowest BCUT2D eigenvalue weighted by Gasteiger charge is -2.18. The van der Waals surface area contributed by atoms with Crippen LogP contribution in [0.15, 0.2) is 35.4 Å². The second-order valence-electron chi connectivity index (χ2n) is 6.26. The van der Waals surface area contributed by atoms with Gasteiger partial charge in [-0.05, 0) is 43.2 Å². The second kappa shape index (κ2) is 7.63. The normalized spacial score (nSPS) is 17.2. The molecule has 0 saturated carbocycles. The molecule has 144 valence electrons. The van der Waals surface area contributed by atoms with Crippen LogP contribution in [0, 0.1) is 6.92 Å². The highest BCUT2D eigenvalue weighted by Crippen LogP contribution is 2.26. The van der Waals surface area contributed by atoms with Crippen LogP contribution in [-0.4, -0.2) is 48.5 Å². The van der Waals surface area contributed by atoms with Crippen molar-refractivity contribution in [3.05, 3.63) is 51.8 Å². The Hall–Kier alpha value is -1.87. The number of aliphatic hydroxyl groups is 1. The molecule has 2 aromatic rings. The number of nitrogens with zero attached hydrogens (tertiary/aromatic N) is 2. The summed E-state index contributed by atoms with van der Waals surface area (Å²) in [6.45, 7) is 2.23. The first kappa shape index (κ1) is 19.9. The molecule has 1 unspecified atom stereocenters. The van der Waals surface area contributed by atoms with Crippen LogP contribution in [0.5, 0.6) is 0 Å². The van der Waals surface area contributed by atoms with E-state index in [1.807, 2.05) is 0 Å². The van der Waals surface area contributed by atoms with E-state index in [2.05, 4.69) is 9.71 Å². The van der Waals surface area contributed by atoms with Gasteiger partial charge in [0.25, 0.3) is 15.9 Å². The Morgan fingerprint density at radius 3 is 2.70 bits per heavy atom. The summed E-state index contributed by atoms with van der Waals surface area (Å²) in [5, 5.41) is 10.3. The summed E-state index contributed by atoms with van der Waals surface area (Å²) in [5.41, 5.74) is 0.496. The lowest BCUT2D eigenvalue weighted by molar-refractivity contribution is 0.0760. The molecule has 27 heavy (non-hydrogen) atoms. The van der Waals surface area contributed by atoms with Gasteiger partial charge in [-0.25, -0.2) is 13.4 Å². The molecular formula is C17H17Cl2N3O4S. The van der Waals surface area contributed by atoms with Gasteiger partial charge in [0.05, 0.1) is 21.7 Å². The van der Waals surface area contributed by atoms with Crippen LogP contribution in [0.25, 0.3) is 0 Å². The summed E-state index contributed by atoms with van der Waals surface area (Å²) in [4.78, 5) is 18.1. The number of amides is 1. The van der Waals surface area contributed by atoms with Crippen LogP contribution in [-0.2, 0) is 10.0 Å². The molecule has 10 heteroatoms. The summed E-state index contributed by atoms with van der Waals surface area (Å²) in [6.07, 6.45) is 1.13. The highest BCUT2D eigenvalue weighted by atomic mass is 35.5. The predicted molar refractivity (Wildman–Crippen MR) is 103 cm³/mol. The molecule has 0 radical (unpaired) electrons. The van der Waals surface area contributed by atoms with Crippen molar-refractivity contribution < 1.29 is 18.3 Å². The lowest BCUT2D eigenvalue weighted by Crippen LogP contribution is -2.31. The predicted octanol–water partition coefficient (Wildman–Crippen LogP) is 2.70. The van der Waals surface area contributed by atoms with E-state index in [1.54, 1.807) is 6.92 Å². The number of aryl methyl sites for hydroxylation is 1. The number of β-amino-alcohol motifs (C(OH)–C–C–N with tert-alkyl or cyclic N) is 1. The van der Waals surface area contributed by atoms with Gasteiger partial charge in [0.2, 0.25) is 0 Å². The second-order valence-corrected chi connectivity index (χ2v) is 8.79. The van der Waals surface area contributed by atoms with Gasteiger partial charge < -0.3 is 10.0 Å². The van der Waals surface area contributed by atoms with E-state index >= 15 is 0 Å². The number of anilines is 1. The molecule has 3 rings (SSSR count). The molecule has 0 bridgehead atoms. The van der Waals surface area contributed by atoms with Crippen LogP contribution in [0.3, 0.4) is 0 Å². The molecule has 0 aliphatic carbocycles. The van der Waals surface area contributed by atoms with Gasteiger partial charge in [-0.2, -0.15) is 0 Å². The number of aliphatic hydroxyl groups excluding tert-OH is 1. The Morgan fingerprint density at radius 1 is 1.33 bits per heavy atom. The minimum atomic E-state index is -3.99. The van der Waals surface area contributed by atoms with Crippen molar-refractivity contribution in [3.63, 3.8) is 0 Å². The van der Waals surface area contributed by atoms with Gasteiger partial charge in [-0.15, -0.1) is 0 Å². The minimum Gasteiger partial charge on any atom is -0.391 e. The number of rotatable bonds is 4. The topological polar surface area (TPSA) is 99.6 Å². The van der Waals surface area contributed by atoms with Crippen LogP contribution < -0.4 is 4.72 Å². The van der Waals surface area contributed by atoms with Crippen LogP contribution in [0.2, 0.25) is 10.0 Å². The highest BCUT2D eigenvalue weighted by Gasteiger charge is 2.29. The number of carbonyl (C=O) groups is 1. The third-order valence-electron chi connectivity index (χ3n) is 4.19. The maximum Gasteiger partial charge on any atom is 0.274 e. The Labute approximate surface area is 167 Å². The number of sulfonamides is 1. The molecule has 7 nitrogen and oxygen atoms in total. The van der Waals surface area contributed by atoms with E-state index in [-0.39, 0.29) is 27.8 Å². The number of likely N-dealkylation sites (tertiary alicyclic amines) is 1. The van der Waals surface area contributed by atoms with Crippen molar-refractivity contribution in [3.8, 4) is 0 Å². The third kappa shape index (κ3) is 4.35. The fourth-order valence-corrected chi connectivity index (χ4v) is 4.17. The minimum absolute atomic E-state index is 0.000584. The average molecular weight is 430 g/mol. The number of benzene rings is 1. The Bertz CT molecular complexity index is 998. The van der Waals surface area contributed by atoms with Gasteiger partial charge >= 0.3 is 0 Å². The van der Waals surface area contributed by atoms with E-state index in [1.165, 1.54) is 35.4 Å². The summed E-state index contributed by atoms with van der Waals surface area (Å²) < 4.78 is 27.8. The standard InChI is InChI=1S/C17H17Cl2N3O4S/c1-10-6-13(2-3-14(10)19)27(25,26)21-15-7-11(18)8-20-16(15)17(24)22-5-4-12(23)9-22/h2-3,6-8,12,21,23H,4-5,9H2,1H3. The number of pyridine rings is 1. The largest absolute Gasteiger partial charge is 0.391 e. The van der Waals surface area contributed by atoms with E-state index in [0.717, 1.165) is 0 Å². The third-order valence-corrected chi connectivity index (χ3v) is 6.19. The Kier molecular flexibility index (Phi) is 5.62. The van der Waals surface area contributed by atoms with Crippen molar-refractivity contribution in [1.82, 2.24) is 9.88 Å². The SMILES string of the molecule is Cc1cc(S(=O)(=O)Nc2cc(Cl)cnc2C(=O)N2CCC(O)C2)ccc1Cl. The number of carbonyl (C=O) groups excluding carboxylic acids is 1. The molecule has 1 atom stereocenters. The van der Waals surface area contributed by atoms with E-state index < -0.39 is 22.0 Å². The monoisotopic (exact) mass is 429 g/mol. The number of aromatic nitrogens is 1. The molecule has 1 saturated heterocycles. The van der Waals surface area contributed by atoms with Crippen molar-refractivity contribution in [2.24, 2.45) is 0 Å². The Balaban J connectivity index is 1.95. The summed E-state index contributed by atoms with van der Waals surface area (Å²) in [7, 11) is -3.99. The zero-order valence-corrected chi connectivity index (χ0v) is 16.6. The first-order valence-corrected chi connectivity index (χ1v) is 10.3. The maximum atomic E-state index is 12.7. The number of hydrogen-bond donors (Lipinski definition) is 2. The molecule has 1 aromatic heterocycles. The lowest BCUT2D eigenvalue weighted by atomic mass is 10.2. The molecular weight excluding hydrogens is 413 g/mol. The molecule has 1 aliphatic heterocycles. The van der Waals surface area contributed by atoms with E-state index in [9.17, 15) is 18.3 Å². The highest BCUT2D eigenvalue weighted by molar-refractivity contribution is 7.92. The summed E-state index contributed by atoms with van der Waals surface area (Å²) in [5.74, 6) is -0.479. The summed E-state index contributed by atoms with van der Waals surface area (Å²) in [6, 6.07) is 5.61. The Morgan fingerprint density at radius 2 is 2.07 bits per heavy atom. The number of hydrogen-bond acceptors (Lipinski definition) is 5. The van der Waals surface area contributed by atoms with Gasteiger partial charge in [-0.3, -0.25) is 9.52 Å². The zero-order chi connectivity index (χ0) is 19.8. The summed E-state index contributed by atoms with van der Waals surface area (Å²) >= 11 is 11.9.